The van der Waals surface area contributed by atoms with Gasteiger partial charge in [0.15, 0.2) is 0 Å². The summed E-state index contributed by atoms with van der Waals surface area (Å²) in [5, 5.41) is 12.6. The maximum atomic E-state index is 11.4. The highest BCUT2D eigenvalue weighted by Gasteiger charge is 2.15. The Morgan fingerprint density at radius 2 is 1.90 bits per heavy atom. The second kappa shape index (κ2) is 7.97. The van der Waals surface area contributed by atoms with Crippen molar-refractivity contribution in [2.24, 2.45) is 0 Å². The van der Waals surface area contributed by atoms with E-state index in [4.69, 9.17) is 4.74 Å². The molecule has 0 aliphatic rings. The first-order valence-electron chi connectivity index (χ1n) is 8.93. The predicted octanol–water partition coefficient (Wildman–Crippen LogP) is 5.30. The number of aromatic nitrogens is 2. The van der Waals surface area contributed by atoms with Crippen molar-refractivity contribution in [3.63, 3.8) is 0 Å². The van der Waals surface area contributed by atoms with Gasteiger partial charge in [0.25, 0.3) is 0 Å². The average molecular weight is 452 g/mol. The Labute approximate surface area is 175 Å². The van der Waals surface area contributed by atoms with Gasteiger partial charge in [-0.15, -0.1) is 0 Å². The van der Waals surface area contributed by atoms with Gasteiger partial charge in [-0.25, -0.2) is 9.78 Å². The van der Waals surface area contributed by atoms with Gasteiger partial charge < -0.3 is 19.7 Å². The summed E-state index contributed by atoms with van der Waals surface area (Å²) in [4.78, 5) is 16.0. The van der Waals surface area contributed by atoms with E-state index >= 15 is 0 Å². The molecule has 29 heavy (non-hydrogen) atoms. The highest BCUT2D eigenvalue weighted by Crippen LogP contribution is 2.27. The largest absolute Gasteiger partial charge is 0.497 e. The van der Waals surface area contributed by atoms with Gasteiger partial charge >= 0.3 is 5.97 Å². The molecule has 6 nitrogen and oxygen atoms in total. The van der Waals surface area contributed by atoms with Gasteiger partial charge in [-0.3, -0.25) is 0 Å². The highest BCUT2D eigenvalue weighted by atomic mass is 79.9. The Hall–Kier alpha value is -3.32. The molecule has 0 unspecified atom stereocenters. The van der Waals surface area contributed by atoms with E-state index in [0.717, 1.165) is 27.0 Å². The molecule has 1 aromatic heterocycles. The zero-order valence-corrected chi connectivity index (χ0v) is 17.2. The number of aromatic carboxylic acids is 1. The second-order valence-electron chi connectivity index (χ2n) is 6.48. The van der Waals surface area contributed by atoms with E-state index in [1.165, 1.54) is 0 Å². The lowest BCUT2D eigenvalue weighted by Gasteiger charge is -2.12. The molecule has 3 aromatic carbocycles. The molecule has 0 aliphatic heterocycles. The molecular weight excluding hydrogens is 434 g/mol. The van der Waals surface area contributed by atoms with E-state index in [1.807, 2.05) is 53.1 Å². The number of hydrogen-bond acceptors (Lipinski definition) is 4. The Kier molecular flexibility index (Phi) is 5.22. The number of nitrogens with zero attached hydrogens (tertiary/aromatic N) is 2. The van der Waals surface area contributed by atoms with Crippen LogP contribution in [0.3, 0.4) is 0 Å². The predicted molar refractivity (Wildman–Crippen MR) is 116 cm³/mol. The van der Waals surface area contributed by atoms with Crippen molar-refractivity contribution in [3.8, 4) is 5.75 Å². The number of methoxy groups -OCH3 is 1. The van der Waals surface area contributed by atoms with Crippen LogP contribution in [-0.4, -0.2) is 27.7 Å². The van der Waals surface area contributed by atoms with Crippen LogP contribution >= 0.6 is 15.9 Å². The van der Waals surface area contributed by atoms with Crippen molar-refractivity contribution in [1.82, 2.24) is 9.55 Å². The lowest BCUT2D eigenvalue weighted by Crippen LogP contribution is -2.06. The molecule has 2 N–H and O–H groups in total. The first kappa shape index (κ1) is 19.0. The monoisotopic (exact) mass is 451 g/mol. The average Bonchev–Trinajstić information content (AvgIpc) is 3.06. The number of hydrogen-bond donors (Lipinski definition) is 2. The fourth-order valence-electron chi connectivity index (χ4n) is 3.12. The van der Waals surface area contributed by atoms with E-state index in [2.05, 4.69) is 26.2 Å². The summed E-state index contributed by atoms with van der Waals surface area (Å²) >= 11 is 3.60. The molecule has 0 atom stereocenters. The van der Waals surface area contributed by atoms with Crippen LogP contribution in [0.15, 0.2) is 71.2 Å². The van der Waals surface area contributed by atoms with Gasteiger partial charge in [-0.1, -0.05) is 34.1 Å². The van der Waals surface area contributed by atoms with Gasteiger partial charge in [0.05, 0.1) is 30.3 Å². The van der Waals surface area contributed by atoms with Crippen molar-refractivity contribution in [2.75, 3.05) is 12.4 Å². The van der Waals surface area contributed by atoms with Crippen molar-refractivity contribution in [2.45, 2.75) is 6.54 Å². The van der Waals surface area contributed by atoms with Crippen molar-refractivity contribution in [1.29, 1.82) is 0 Å². The van der Waals surface area contributed by atoms with Gasteiger partial charge in [-0.2, -0.15) is 0 Å². The smallest absolute Gasteiger partial charge is 0.335 e. The molecule has 146 valence electrons. The first-order valence-corrected chi connectivity index (χ1v) is 9.72. The number of rotatable bonds is 6. The zero-order valence-electron chi connectivity index (χ0n) is 15.6. The standard InChI is InChI=1S/C22H18BrN3O3/c1-29-17-9-7-16(8-10-17)24-22-25-19-12-14(21(27)28)6-11-20(19)26(22)13-15-4-2-3-5-18(15)23/h2-12H,13H2,1H3,(H,24,25)(H,27,28). The van der Waals surface area contributed by atoms with Crippen LogP contribution < -0.4 is 10.1 Å². The number of carboxylic acids is 1. The maximum absolute atomic E-state index is 11.4. The van der Waals surface area contributed by atoms with E-state index in [1.54, 1.807) is 25.3 Å². The fourth-order valence-corrected chi connectivity index (χ4v) is 3.53. The van der Waals surface area contributed by atoms with E-state index in [0.29, 0.717) is 18.0 Å². The fraction of sp³-hybridized carbons (Fsp3) is 0.0909. The highest BCUT2D eigenvalue weighted by molar-refractivity contribution is 9.10. The van der Waals surface area contributed by atoms with Gasteiger partial charge in [0.1, 0.15) is 5.75 Å². The van der Waals surface area contributed by atoms with Crippen LogP contribution in [0.5, 0.6) is 5.75 Å². The van der Waals surface area contributed by atoms with E-state index < -0.39 is 5.97 Å². The van der Waals surface area contributed by atoms with E-state index in [-0.39, 0.29) is 5.56 Å². The number of benzene rings is 3. The summed E-state index contributed by atoms with van der Waals surface area (Å²) in [5.41, 5.74) is 3.62. The second-order valence-corrected chi connectivity index (χ2v) is 7.33. The van der Waals surface area contributed by atoms with Gasteiger partial charge in [0, 0.05) is 10.2 Å². The lowest BCUT2D eigenvalue weighted by atomic mass is 10.2. The molecule has 4 aromatic rings. The Morgan fingerprint density at radius 3 is 2.59 bits per heavy atom. The van der Waals surface area contributed by atoms with E-state index in [9.17, 15) is 9.90 Å². The molecule has 7 heteroatoms. The number of carboxylic acid groups (broad SMARTS) is 1. The zero-order chi connectivity index (χ0) is 20.4. The molecule has 0 bridgehead atoms. The third-order valence-electron chi connectivity index (χ3n) is 4.63. The summed E-state index contributed by atoms with van der Waals surface area (Å²) in [6.45, 7) is 0.572. The lowest BCUT2D eigenvalue weighted by molar-refractivity contribution is 0.0697. The number of ether oxygens (including phenoxy) is 1. The Balaban J connectivity index is 1.79. The molecule has 0 saturated carbocycles. The third-order valence-corrected chi connectivity index (χ3v) is 5.40. The summed E-state index contributed by atoms with van der Waals surface area (Å²) in [6, 6.07) is 20.5. The number of anilines is 2. The number of nitrogens with one attached hydrogen (secondary N) is 1. The topological polar surface area (TPSA) is 76.4 Å². The Bertz CT molecular complexity index is 1190. The van der Waals surface area contributed by atoms with Crippen LogP contribution in [0.4, 0.5) is 11.6 Å². The molecule has 0 saturated heterocycles. The minimum Gasteiger partial charge on any atom is -0.497 e. The molecule has 0 radical (unpaired) electrons. The number of halogens is 1. The van der Waals surface area contributed by atoms with Crippen molar-refractivity contribution in [3.05, 3.63) is 82.3 Å². The minimum atomic E-state index is -0.975. The van der Waals surface area contributed by atoms with Crippen LogP contribution in [0, 0.1) is 0 Å². The van der Waals surface area contributed by atoms with Crippen molar-refractivity contribution < 1.29 is 14.6 Å². The molecule has 0 fully saturated rings. The molecule has 0 aliphatic carbocycles. The number of imidazole rings is 1. The summed E-state index contributed by atoms with van der Waals surface area (Å²) in [5.74, 6) is 0.420. The number of carbonyl (C=O) groups is 1. The maximum Gasteiger partial charge on any atom is 0.335 e. The SMILES string of the molecule is COc1ccc(Nc2nc3cc(C(=O)O)ccc3n2Cc2ccccc2Br)cc1. The third kappa shape index (κ3) is 3.95. The van der Waals surface area contributed by atoms with Crippen LogP contribution in [-0.2, 0) is 6.54 Å². The molecular formula is C22H18BrN3O3. The molecule has 0 amide bonds. The molecule has 4 rings (SSSR count). The van der Waals surface area contributed by atoms with Gasteiger partial charge in [0.2, 0.25) is 5.95 Å². The van der Waals surface area contributed by atoms with Crippen LogP contribution in [0.1, 0.15) is 15.9 Å². The number of fused-ring (bicyclic) bond motifs is 1. The minimum absolute atomic E-state index is 0.207. The van der Waals surface area contributed by atoms with Crippen LogP contribution in [0.25, 0.3) is 11.0 Å². The van der Waals surface area contributed by atoms with Gasteiger partial charge in [-0.05, 0) is 54.1 Å². The normalized spacial score (nSPS) is 10.8. The van der Waals surface area contributed by atoms with Crippen molar-refractivity contribution >= 4 is 44.6 Å². The first-order chi connectivity index (χ1) is 14.0. The summed E-state index contributed by atoms with van der Waals surface area (Å²) in [6.07, 6.45) is 0. The Morgan fingerprint density at radius 1 is 1.14 bits per heavy atom. The summed E-state index contributed by atoms with van der Waals surface area (Å²) < 4.78 is 8.24. The summed E-state index contributed by atoms with van der Waals surface area (Å²) in [7, 11) is 1.62. The van der Waals surface area contributed by atoms with Crippen LogP contribution in [0.2, 0.25) is 0 Å². The molecule has 1 heterocycles. The quantitative estimate of drug-likeness (QED) is 0.416. The molecule has 0 spiro atoms.